The van der Waals surface area contributed by atoms with Crippen LogP contribution in [0.1, 0.15) is 0 Å². The molecule has 0 bridgehead atoms. The van der Waals surface area contributed by atoms with E-state index in [-0.39, 0.29) is 15.6 Å². The highest BCUT2D eigenvalue weighted by Gasteiger charge is 2.09. The number of benzene rings is 2. The quantitative estimate of drug-likeness (QED) is 0.737. The smallest absolute Gasteiger partial charge is 0.282 e. The molecule has 0 N–H and O–H groups in total. The van der Waals surface area contributed by atoms with Crippen LogP contribution in [0.25, 0.3) is 10.1 Å². The van der Waals surface area contributed by atoms with Crippen LogP contribution in [0.2, 0.25) is 0 Å². The first kappa shape index (κ1) is 14.7. The summed E-state index contributed by atoms with van der Waals surface area (Å²) in [6.07, 6.45) is 1.14. The van der Waals surface area contributed by atoms with Crippen LogP contribution in [-0.2, 0) is 9.84 Å². The van der Waals surface area contributed by atoms with Gasteiger partial charge in [0.1, 0.15) is 5.75 Å². The van der Waals surface area contributed by atoms with Gasteiger partial charge in [-0.2, -0.15) is 4.98 Å². The van der Waals surface area contributed by atoms with E-state index in [2.05, 4.69) is 4.98 Å². The van der Waals surface area contributed by atoms with Crippen LogP contribution < -0.4 is 10.3 Å². The molecule has 0 aliphatic rings. The summed E-state index contributed by atoms with van der Waals surface area (Å²) in [4.78, 5) is 16.0. The van der Waals surface area contributed by atoms with E-state index in [0.29, 0.717) is 11.1 Å². The van der Waals surface area contributed by atoms with E-state index < -0.39 is 9.84 Å². The van der Waals surface area contributed by atoms with E-state index in [0.717, 1.165) is 11.0 Å². The van der Waals surface area contributed by atoms with Crippen molar-refractivity contribution >= 4 is 31.3 Å². The lowest BCUT2D eigenvalue weighted by molar-refractivity contribution is 0.476. The highest BCUT2D eigenvalue weighted by Crippen LogP contribution is 2.27. The summed E-state index contributed by atoms with van der Waals surface area (Å²) in [6.45, 7) is 0. The van der Waals surface area contributed by atoms with Crippen molar-refractivity contribution in [3.05, 3.63) is 58.9 Å². The Kier molecular flexibility index (Phi) is 3.67. The van der Waals surface area contributed by atoms with Gasteiger partial charge in [0, 0.05) is 11.0 Å². The van der Waals surface area contributed by atoms with Gasteiger partial charge < -0.3 is 4.74 Å². The fourth-order valence-corrected chi connectivity index (χ4v) is 3.39. The lowest BCUT2D eigenvalue weighted by atomic mass is 10.3. The van der Waals surface area contributed by atoms with E-state index in [4.69, 9.17) is 4.74 Å². The molecule has 5 nitrogen and oxygen atoms in total. The Balaban J connectivity index is 1.95. The van der Waals surface area contributed by atoms with Crippen molar-refractivity contribution in [2.45, 2.75) is 4.90 Å². The number of sulfone groups is 1. The molecular weight excluding hydrogens is 322 g/mol. The molecule has 0 aliphatic carbocycles. The molecule has 0 aliphatic heterocycles. The van der Waals surface area contributed by atoms with Gasteiger partial charge in [-0.05, 0) is 36.4 Å². The SMILES string of the molecule is CS(=O)(=O)c1ccc(Oc2nc(=O)c3ccccc3s2)cc1. The standard InChI is InChI=1S/C15H11NO4S2/c1-22(18,19)11-8-6-10(7-9-11)20-15-16-14(17)12-4-2-3-5-13(12)21-15/h2-9H,1H3. The zero-order valence-corrected chi connectivity index (χ0v) is 13.1. The second-order valence-corrected chi connectivity index (χ2v) is 7.64. The first-order chi connectivity index (χ1) is 10.4. The number of fused-ring (bicyclic) bond motifs is 1. The van der Waals surface area contributed by atoms with Gasteiger partial charge in [0.15, 0.2) is 9.84 Å². The highest BCUT2D eigenvalue weighted by molar-refractivity contribution is 7.90. The zero-order chi connectivity index (χ0) is 15.7. The maximum absolute atomic E-state index is 11.9. The minimum atomic E-state index is -3.25. The first-order valence-electron chi connectivity index (χ1n) is 6.31. The van der Waals surface area contributed by atoms with Gasteiger partial charge in [-0.25, -0.2) is 8.42 Å². The lowest BCUT2D eigenvalue weighted by Crippen LogP contribution is -2.05. The van der Waals surface area contributed by atoms with Crippen LogP contribution in [-0.4, -0.2) is 19.7 Å². The van der Waals surface area contributed by atoms with Crippen LogP contribution in [0.3, 0.4) is 0 Å². The van der Waals surface area contributed by atoms with Gasteiger partial charge in [0.2, 0.25) is 0 Å². The summed E-state index contributed by atoms with van der Waals surface area (Å²) < 4.78 is 29.1. The van der Waals surface area contributed by atoms with E-state index >= 15 is 0 Å². The number of ether oxygens (including phenoxy) is 1. The topological polar surface area (TPSA) is 73.3 Å². The number of aromatic nitrogens is 1. The van der Waals surface area contributed by atoms with Gasteiger partial charge in [0.25, 0.3) is 10.8 Å². The molecule has 1 aromatic heterocycles. The van der Waals surface area contributed by atoms with Crippen LogP contribution in [0.4, 0.5) is 0 Å². The first-order valence-corrected chi connectivity index (χ1v) is 9.02. The molecule has 0 unspecified atom stereocenters. The molecule has 0 atom stereocenters. The Morgan fingerprint density at radius 2 is 1.73 bits per heavy atom. The van der Waals surface area contributed by atoms with Crippen molar-refractivity contribution in [3.63, 3.8) is 0 Å². The van der Waals surface area contributed by atoms with Gasteiger partial charge in [-0.3, -0.25) is 4.79 Å². The molecule has 0 saturated carbocycles. The molecule has 3 aromatic rings. The van der Waals surface area contributed by atoms with Crippen LogP contribution >= 0.6 is 11.3 Å². The minimum Gasteiger partial charge on any atom is -0.431 e. The molecule has 0 radical (unpaired) electrons. The van der Waals surface area contributed by atoms with E-state index in [1.165, 1.54) is 35.6 Å². The van der Waals surface area contributed by atoms with Gasteiger partial charge >= 0.3 is 0 Å². The van der Waals surface area contributed by atoms with Crippen LogP contribution in [0, 0.1) is 0 Å². The maximum atomic E-state index is 11.9. The number of nitrogens with zero attached hydrogens (tertiary/aromatic N) is 1. The molecule has 0 spiro atoms. The number of rotatable bonds is 3. The lowest BCUT2D eigenvalue weighted by Gasteiger charge is -2.05. The molecule has 22 heavy (non-hydrogen) atoms. The Bertz CT molecular complexity index is 992. The monoisotopic (exact) mass is 333 g/mol. The summed E-state index contributed by atoms with van der Waals surface area (Å²) >= 11 is 1.25. The molecule has 0 amide bonds. The summed E-state index contributed by atoms with van der Waals surface area (Å²) in [6, 6.07) is 13.1. The van der Waals surface area contributed by atoms with Crippen molar-refractivity contribution in [2.24, 2.45) is 0 Å². The summed E-state index contributed by atoms with van der Waals surface area (Å²) in [5.41, 5.74) is -0.350. The second-order valence-electron chi connectivity index (χ2n) is 4.63. The summed E-state index contributed by atoms with van der Waals surface area (Å²) in [7, 11) is -3.25. The Hall–Kier alpha value is -2.25. The molecular formula is C15H11NO4S2. The average Bonchev–Trinajstić information content (AvgIpc) is 2.47. The molecule has 112 valence electrons. The average molecular weight is 333 g/mol. The third kappa shape index (κ3) is 3.00. The van der Waals surface area contributed by atoms with Crippen molar-refractivity contribution in [1.29, 1.82) is 0 Å². The van der Waals surface area contributed by atoms with Crippen LogP contribution in [0.15, 0.2) is 58.2 Å². The molecule has 7 heteroatoms. The Morgan fingerprint density at radius 3 is 2.41 bits per heavy atom. The summed E-state index contributed by atoms with van der Waals surface area (Å²) in [5.74, 6) is 0.422. The van der Waals surface area contributed by atoms with E-state index in [9.17, 15) is 13.2 Å². The minimum absolute atomic E-state index is 0.208. The Morgan fingerprint density at radius 1 is 1.05 bits per heavy atom. The third-order valence-electron chi connectivity index (χ3n) is 2.96. The van der Waals surface area contributed by atoms with Crippen molar-refractivity contribution < 1.29 is 13.2 Å². The predicted molar refractivity (Wildman–Crippen MR) is 85.5 cm³/mol. The number of hydrogen-bond acceptors (Lipinski definition) is 6. The Labute approximate surface area is 130 Å². The van der Waals surface area contributed by atoms with Gasteiger partial charge in [-0.1, -0.05) is 23.5 Å². The van der Waals surface area contributed by atoms with Crippen molar-refractivity contribution in [2.75, 3.05) is 6.26 Å². The van der Waals surface area contributed by atoms with E-state index in [1.54, 1.807) is 12.1 Å². The predicted octanol–water partition coefficient (Wildman–Crippen LogP) is 2.85. The molecule has 3 rings (SSSR count). The van der Waals surface area contributed by atoms with Crippen molar-refractivity contribution in [1.82, 2.24) is 4.98 Å². The fourth-order valence-electron chi connectivity index (χ4n) is 1.89. The molecule has 0 saturated heterocycles. The third-order valence-corrected chi connectivity index (χ3v) is 5.02. The van der Waals surface area contributed by atoms with E-state index in [1.807, 2.05) is 12.1 Å². The fraction of sp³-hybridized carbons (Fsp3) is 0.0667. The molecule has 1 heterocycles. The summed E-state index contributed by atoms with van der Waals surface area (Å²) in [5, 5.41) is 0.767. The van der Waals surface area contributed by atoms with Crippen molar-refractivity contribution in [3.8, 4) is 10.9 Å². The second kappa shape index (κ2) is 5.51. The maximum Gasteiger partial charge on any atom is 0.282 e. The molecule has 2 aromatic carbocycles. The largest absolute Gasteiger partial charge is 0.431 e. The van der Waals surface area contributed by atoms with Crippen LogP contribution in [0.5, 0.6) is 10.9 Å². The number of hydrogen-bond donors (Lipinski definition) is 0. The highest BCUT2D eigenvalue weighted by atomic mass is 32.2. The molecule has 0 fully saturated rings. The zero-order valence-electron chi connectivity index (χ0n) is 11.5. The normalized spacial score (nSPS) is 11.5. The van der Waals surface area contributed by atoms with Gasteiger partial charge in [0.05, 0.1) is 10.3 Å². The van der Waals surface area contributed by atoms with Gasteiger partial charge in [-0.15, -0.1) is 0 Å².